The van der Waals surface area contributed by atoms with Crippen LogP contribution < -0.4 is 14.5 Å². The first-order valence-electron chi connectivity index (χ1n) is 10.6. The van der Waals surface area contributed by atoms with Crippen molar-refractivity contribution in [1.82, 2.24) is 4.98 Å². The molecule has 0 spiro atoms. The van der Waals surface area contributed by atoms with Gasteiger partial charge < -0.3 is 9.64 Å². The maximum atomic E-state index is 13.2. The monoisotopic (exact) mass is 510 g/mol. The standard InChI is InChI=1S/C23H28ClN3O4S2/c1-16-6-11-19(31-4)21-22(16)32-23(25-21)27(14-5-13-26(2)3)20(28)12-15-33(29,30)18-9-7-17(24)8-10-18/h6-11H,5,12-15H2,1-4H3/p+1. The van der Waals surface area contributed by atoms with Crippen molar-refractivity contribution in [2.24, 2.45) is 0 Å². The third kappa shape index (κ3) is 6.23. The molecule has 0 radical (unpaired) electrons. The van der Waals surface area contributed by atoms with Gasteiger partial charge in [-0.3, -0.25) is 9.69 Å². The summed E-state index contributed by atoms with van der Waals surface area (Å²) in [6, 6.07) is 9.81. The zero-order chi connectivity index (χ0) is 24.2. The maximum Gasteiger partial charge on any atom is 0.229 e. The number of ether oxygens (including phenoxy) is 1. The van der Waals surface area contributed by atoms with Crippen molar-refractivity contribution in [3.8, 4) is 5.75 Å². The second-order valence-electron chi connectivity index (χ2n) is 8.14. The van der Waals surface area contributed by atoms with Crippen LogP contribution in [0, 0.1) is 6.92 Å². The number of anilines is 1. The number of amides is 1. The van der Waals surface area contributed by atoms with E-state index in [0.717, 1.165) is 23.2 Å². The third-order valence-electron chi connectivity index (χ3n) is 5.26. The zero-order valence-electron chi connectivity index (χ0n) is 19.2. The Morgan fingerprint density at radius 2 is 1.88 bits per heavy atom. The summed E-state index contributed by atoms with van der Waals surface area (Å²) in [6.45, 7) is 3.33. The van der Waals surface area contributed by atoms with Gasteiger partial charge in [0.2, 0.25) is 5.91 Å². The molecule has 0 saturated heterocycles. The highest BCUT2D eigenvalue weighted by atomic mass is 35.5. The number of hydrogen-bond acceptors (Lipinski definition) is 6. The Kier molecular flexibility index (Phi) is 8.33. The van der Waals surface area contributed by atoms with Crippen molar-refractivity contribution in [3.05, 3.63) is 47.0 Å². The van der Waals surface area contributed by atoms with Crippen LogP contribution in [0.25, 0.3) is 10.2 Å². The van der Waals surface area contributed by atoms with Crippen molar-refractivity contribution >= 4 is 54.0 Å². The number of rotatable bonds is 10. The highest BCUT2D eigenvalue weighted by Crippen LogP contribution is 2.36. The van der Waals surface area contributed by atoms with Gasteiger partial charge in [-0.2, -0.15) is 0 Å². The number of hydrogen-bond donors (Lipinski definition) is 1. The van der Waals surface area contributed by atoms with Gasteiger partial charge in [0.1, 0.15) is 11.3 Å². The Balaban J connectivity index is 1.85. The van der Waals surface area contributed by atoms with Gasteiger partial charge in [0.25, 0.3) is 0 Å². The van der Waals surface area contributed by atoms with Crippen LogP contribution in [-0.2, 0) is 14.6 Å². The number of halogens is 1. The van der Waals surface area contributed by atoms with Crippen LogP contribution >= 0.6 is 22.9 Å². The van der Waals surface area contributed by atoms with Crippen LogP contribution in [0.15, 0.2) is 41.3 Å². The molecule has 0 atom stereocenters. The van der Waals surface area contributed by atoms with E-state index in [1.807, 2.05) is 19.1 Å². The zero-order valence-corrected chi connectivity index (χ0v) is 21.6. The molecule has 0 saturated carbocycles. The van der Waals surface area contributed by atoms with Crippen LogP contribution in [-0.4, -0.2) is 59.4 Å². The number of quaternary nitrogens is 1. The van der Waals surface area contributed by atoms with Gasteiger partial charge >= 0.3 is 0 Å². The highest BCUT2D eigenvalue weighted by Gasteiger charge is 2.24. The van der Waals surface area contributed by atoms with E-state index in [9.17, 15) is 13.2 Å². The lowest BCUT2D eigenvalue weighted by atomic mass is 10.2. The molecule has 1 N–H and O–H groups in total. The molecule has 0 aliphatic heterocycles. The first-order valence-corrected chi connectivity index (χ1v) is 13.5. The fourth-order valence-corrected chi connectivity index (χ4v) is 5.86. The minimum atomic E-state index is -3.61. The number of benzene rings is 2. The first-order chi connectivity index (χ1) is 15.6. The Bertz CT molecular complexity index is 1220. The number of aromatic nitrogens is 1. The van der Waals surface area contributed by atoms with Crippen molar-refractivity contribution in [3.63, 3.8) is 0 Å². The van der Waals surface area contributed by atoms with Crippen molar-refractivity contribution in [2.45, 2.75) is 24.7 Å². The van der Waals surface area contributed by atoms with Crippen LogP contribution in [0.3, 0.4) is 0 Å². The van der Waals surface area contributed by atoms with Gasteiger partial charge in [-0.15, -0.1) is 0 Å². The molecule has 0 bridgehead atoms. The highest BCUT2D eigenvalue weighted by molar-refractivity contribution is 7.91. The average molecular weight is 511 g/mol. The number of thiazole rings is 1. The fourth-order valence-electron chi connectivity index (χ4n) is 3.41. The number of carbonyl (C=O) groups is 1. The van der Waals surface area contributed by atoms with Crippen molar-refractivity contribution in [2.75, 3.05) is 44.9 Å². The van der Waals surface area contributed by atoms with E-state index in [1.165, 1.54) is 40.5 Å². The van der Waals surface area contributed by atoms with Gasteiger partial charge in [-0.25, -0.2) is 13.4 Å². The Hall–Kier alpha value is -2.20. The van der Waals surface area contributed by atoms with Crippen LogP contribution in [0.1, 0.15) is 18.4 Å². The summed E-state index contributed by atoms with van der Waals surface area (Å²) < 4.78 is 31.9. The molecule has 1 aromatic heterocycles. The second kappa shape index (κ2) is 10.8. The smallest absolute Gasteiger partial charge is 0.229 e. The lowest BCUT2D eigenvalue weighted by molar-refractivity contribution is -0.858. The second-order valence-corrected chi connectivity index (χ2v) is 11.7. The molecule has 0 aliphatic carbocycles. The van der Waals surface area contributed by atoms with Gasteiger partial charge in [0.15, 0.2) is 15.0 Å². The molecule has 0 unspecified atom stereocenters. The van der Waals surface area contributed by atoms with E-state index < -0.39 is 9.84 Å². The van der Waals surface area contributed by atoms with Crippen LogP contribution in [0.2, 0.25) is 5.02 Å². The van der Waals surface area contributed by atoms with E-state index in [-0.39, 0.29) is 23.0 Å². The SMILES string of the molecule is COc1ccc(C)c2sc(N(CCC[NH+](C)C)C(=O)CCS(=O)(=O)c3ccc(Cl)cc3)nc12. The van der Waals surface area contributed by atoms with Crippen LogP contribution in [0.4, 0.5) is 5.13 Å². The largest absolute Gasteiger partial charge is 0.494 e. The molecule has 10 heteroatoms. The number of aryl methyl sites for hydroxylation is 1. The summed E-state index contributed by atoms with van der Waals surface area (Å²) >= 11 is 7.29. The molecular formula is C23H29ClN3O4S2+. The minimum absolute atomic E-state index is 0.133. The quantitative estimate of drug-likeness (QED) is 0.453. The molecule has 3 aromatic rings. The normalized spacial score (nSPS) is 11.8. The van der Waals surface area contributed by atoms with E-state index in [1.54, 1.807) is 12.0 Å². The Labute approximate surface area is 203 Å². The molecule has 0 fully saturated rings. The number of nitrogens with zero attached hydrogens (tertiary/aromatic N) is 2. The topological polar surface area (TPSA) is 81.0 Å². The molecule has 0 aliphatic rings. The molecule has 2 aromatic carbocycles. The van der Waals surface area contributed by atoms with E-state index in [4.69, 9.17) is 21.3 Å². The summed E-state index contributed by atoms with van der Waals surface area (Å²) in [7, 11) is 2.08. The summed E-state index contributed by atoms with van der Waals surface area (Å²) in [6.07, 6.45) is 0.635. The third-order valence-corrected chi connectivity index (χ3v) is 8.46. The van der Waals surface area contributed by atoms with Gasteiger partial charge in [-0.05, 0) is 42.8 Å². The summed E-state index contributed by atoms with van der Waals surface area (Å²) in [4.78, 5) is 21.0. The summed E-state index contributed by atoms with van der Waals surface area (Å²) in [5.41, 5.74) is 1.76. The predicted molar refractivity (Wildman–Crippen MR) is 134 cm³/mol. The average Bonchev–Trinajstić information content (AvgIpc) is 3.21. The van der Waals surface area contributed by atoms with Crippen LogP contribution in [0.5, 0.6) is 5.75 Å². The number of carbonyl (C=O) groups excluding carboxylic acids is 1. The van der Waals surface area contributed by atoms with E-state index in [0.29, 0.717) is 28.0 Å². The molecule has 178 valence electrons. The number of nitrogens with one attached hydrogen (secondary N) is 1. The van der Waals surface area contributed by atoms with Gasteiger partial charge in [0, 0.05) is 24.4 Å². The predicted octanol–water partition coefficient (Wildman–Crippen LogP) is 3.00. The van der Waals surface area contributed by atoms with E-state index >= 15 is 0 Å². The Morgan fingerprint density at radius 3 is 2.52 bits per heavy atom. The number of methoxy groups -OCH3 is 1. The fraction of sp³-hybridized carbons (Fsp3) is 0.391. The molecule has 7 nitrogen and oxygen atoms in total. The number of fused-ring (bicyclic) bond motifs is 1. The maximum absolute atomic E-state index is 13.2. The molecule has 33 heavy (non-hydrogen) atoms. The molecule has 1 amide bonds. The Morgan fingerprint density at radius 1 is 1.18 bits per heavy atom. The summed E-state index contributed by atoms with van der Waals surface area (Å²) in [5, 5.41) is 1.01. The number of sulfone groups is 1. The van der Waals surface area contributed by atoms with Crippen molar-refractivity contribution < 1.29 is 22.8 Å². The first kappa shape index (κ1) is 25.4. The van der Waals surface area contributed by atoms with Gasteiger partial charge in [-0.1, -0.05) is 29.0 Å². The minimum Gasteiger partial charge on any atom is -0.494 e. The lowest BCUT2D eigenvalue weighted by Gasteiger charge is -2.20. The van der Waals surface area contributed by atoms with Gasteiger partial charge in [0.05, 0.1) is 43.1 Å². The van der Waals surface area contributed by atoms with Crippen molar-refractivity contribution in [1.29, 1.82) is 0 Å². The van der Waals surface area contributed by atoms with E-state index in [2.05, 4.69) is 14.1 Å². The molecular weight excluding hydrogens is 482 g/mol. The molecule has 1 heterocycles. The lowest BCUT2D eigenvalue weighted by Crippen LogP contribution is -3.05. The summed E-state index contributed by atoms with van der Waals surface area (Å²) in [5.74, 6) is 0.0985. The molecule has 3 rings (SSSR count).